The van der Waals surface area contributed by atoms with E-state index in [-0.39, 0.29) is 11.7 Å². The van der Waals surface area contributed by atoms with Gasteiger partial charge in [0.05, 0.1) is 40.5 Å². The van der Waals surface area contributed by atoms with Gasteiger partial charge in [0.1, 0.15) is 5.76 Å². The van der Waals surface area contributed by atoms with Crippen LogP contribution in [0.15, 0.2) is 76.2 Å². The number of allylic oxidation sites excluding steroid dienone is 1. The number of para-hydroxylation sites is 2. The zero-order valence-corrected chi connectivity index (χ0v) is 21.6. The SMILES string of the molecule is C[C@@H]1C/C(=C\c2ccco2)c2nc3ccccc3c(C(=O)OCC(=O)Nc3ccccc3SCC#N)c2C1. The molecule has 1 aliphatic carbocycles. The molecule has 190 valence electrons. The van der Waals surface area contributed by atoms with Crippen LogP contribution in [0.1, 0.15) is 40.7 Å². The first-order valence-electron chi connectivity index (χ1n) is 12.2. The zero-order valence-electron chi connectivity index (χ0n) is 20.8. The molecule has 8 heteroatoms. The predicted molar refractivity (Wildman–Crippen MR) is 147 cm³/mol. The molecule has 2 aromatic carbocycles. The number of anilines is 1. The van der Waals surface area contributed by atoms with Crippen molar-refractivity contribution in [3.05, 3.63) is 89.5 Å². The van der Waals surface area contributed by atoms with Crippen molar-refractivity contribution in [2.75, 3.05) is 17.7 Å². The Labute approximate surface area is 224 Å². The molecule has 2 aromatic heterocycles. The second kappa shape index (κ2) is 11.4. The molecule has 1 N–H and O–H groups in total. The number of carbonyl (C=O) groups is 2. The number of carbonyl (C=O) groups excluding carboxylic acids is 2. The quantitative estimate of drug-likeness (QED) is 0.222. The van der Waals surface area contributed by atoms with E-state index in [1.165, 1.54) is 11.8 Å². The second-order valence-electron chi connectivity index (χ2n) is 9.10. The summed E-state index contributed by atoms with van der Waals surface area (Å²) in [6.45, 7) is 1.70. The van der Waals surface area contributed by atoms with E-state index in [1.54, 1.807) is 18.4 Å². The highest BCUT2D eigenvalue weighted by molar-refractivity contribution is 7.99. The molecule has 0 saturated carbocycles. The summed E-state index contributed by atoms with van der Waals surface area (Å²) in [5.41, 5.74) is 4.29. The van der Waals surface area contributed by atoms with Crippen LogP contribution in [-0.2, 0) is 16.0 Å². The van der Waals surface area contributed by atoms with Gasteiger partial charge in [-0.2, -0.15) is 5.26 Å². The topological polar surface area (TPSA) is 105 Å². The van der Waals surface area contributed by atoms with Gasteiger partial charge in [0, 0.05) is 10.3 Å². The van der Waals surface area contributed by atoms with E-state index in [4.69, 9.17) is 19.4 Å². The molecule has 2 heterocycles. The van der Waals surface area contributed by atoms with Crippen LogP contribution < -0.4 is 5.32 Å². The molecular formula is C30H25N3O4S. The Kier molecular flexibility index (Phi) is 7.57. The van der Waals surface area contributed by atoms with Crippen LogP contribution in [0.25, 0.3) is 22.6 Å². The number of amides is 1. The maximum atomic E-state index is 13.5. The molecular weight excluding hydrogens is 498 g/mol. The Balaban J connectivity index is 1.43. The van der Waals surface area contributed by atoms with Gasteiger partial charge in [0.2, 0.25) is 0 Å². The van der Waals surface area contributed by atoms with Gasteiger partial charge in [-0.05, 0) is 66.3 Å². The lowest BCUT2D eigenvalue weighted by molar-refractivity contribution is -0.119. The number of nitriles is 1. The fourth-order valence-corrected chi connectivity index (χ4v) is 5.38. The first-order valence-corrected chi connectivity index (χ1v) is 13.2. The van der Waals surface area contributed by atoms with E-state index < -0.39 is 18.5 Å². The van der Waals surface area contributed by atoms with Gasteiger partial charge in [-0.15, -0.1) is 11.8 Å². The van der Waals surface area contributed by atoms with Gasteiger partial charge in [-0.1, -0.05) is 37.3 Å². The van der Waals surface area contributed by atoms with Gasteiger partial charge in [-0.3, -0.25) is 4.79 Å². The van der Waals surface area contributed by atoms with Crippen molar-refractivity contribution in [3.63, 3.8) is 0 Å². The highest BCUT2D eigenvalue weighted by atomic mass is 32.2. The van der Waals surface area contributed by atoms with Crippen molar-refractivity contribution >= 4 is 51.9 Å². The molecule has 4 aromatic rings. The number of benzene rings is 2. The average molecular weight is 524 g/mol. The molecule has 0 spiro atoms. The molecule has 0 aliphatic heterocycles. The van der Waals surface area contributed by atoms with Crippen molar-refractivity contribution in [2.45, 2.75) is 24.7 Å². The average Bonchev–Trinajstić information content (AvgIpc) is 3.43. The minimum atomic E-state index is -0.561. The van der Waals surface area contributed by atoms with E-state index in [0.717, 1.165) is 33.9 Å². The number of nitrogens with one attached hydrogen (secondary N) is 1. The summed E-state index contributed by atoms with van der Waals surface area (Å²) >= 11 is 1.33. The Hall–Kier alpha value is -4.35. The molecule has 0 fully saturated rings. The fraction of sp³-hybridized carbons (Fsp3) is 0.200. The van der Waals surface area contributed by atoms with Crippen LogP contribution in [0.3, 0.4) is 0 Å². The van der Waals surface area contributed by atoms with Gasteiger partial charge in [-0.25, -0.2) is 9.78 Å². The monoisotopic (exact) mass is 523 g/mol. The van der Waals surface area contributed by atoms with Crippen LogP contribution in [0.5, 0.6) is 0 Å². The van der Waals surface area contributed by atoms with Crippen LogP contribution in [0.2, 0.25) is 0 Å². The van der Waals surface area contributed by atoms with Crippen molar-refractivity contribution < 1.29 is 18.7 Å². The van der Waals surface area contributed by atoms with Gasteiger partial charge >= 0.3 is 5.97 Å². The molecule has 38 heavy (non-hydrogen) atoms. The third kappa shape index (κ3) is 5.48. The van der Waals surface area contributed by atoms with Gasteiger partial charge in [0.25, 0.3) is 5.91 Å². The second-order valence-corrected chi connectivity index (χ2v) is 10.1. The third-order valence-corrected chi connectivity index (χ3v) is 7.21. The number of nitrogens with zero attached hydrogens (tertiary/aromatic N) is 2. The largest absolute Gasteiger partial charge is 0.465 e. The molecule has 1 aliphatic rings. The Morgan fingerprint density at radius 3 is 2.79 bits per heavy atom. The maximum Gasteiger partial charge on any atom is 0.339 e. The van der Waals surface area contributed by atoms with Crippen molar-refractivity contribution in [1.29, 1.82) is 5.26 Å². The Morgan fingerprint density at radius 2 is 1.97 bits per heavy atom. The summed E-state index contributed by atoms with van der Waals surface area (Å²) in [7, 11) is 0. The number of hydrogen-bond donors (Lipinski definition) is 1. The number of aromatic nitrogens is 1. The lowest BCUT2D eigenvalue weighted by Gasteiger charge is -2.26. The number of esters is 1. The number of ether oxygens (including phenoxy) is 1. The molecule has 7 nitrogen and oxygen atoms in total. The zero-order chi connectivity index (χ0) is 26.5. The lowest BCUT2D eigenvalue weighted by Crippen LogP contribution is -2.23. The summed E-state index contributed by atoms with van der Waals surface area (Å²) in [5.74, 6) is 0.251. The number of hydrogen-bond acceptors (Lipinski definition) is 7. The van der Waals surface area contributed by atoms with E-state index in [9.17, 15) is 9.59 Å². The van der Waals surface area contributed by atoms with E-state index in [0.29, 0.717) is 28.6 Å². The normalized spacial score (nSPS) is 15.6. The third-order valence-electron chi connectivity index (χ3n) is 6.27. The van der Waals surface area contributed by atoms with Crippen LogP contribution in [-0.4, -0.2) is 29.2 Å². The number of fused-ring (bicyclic) bond motifs is 2. The maximum absolute atomic E-state index is 13.5. The molecule has 1 amide bonds. The molecule has 5 rings (SSSR count). The molecule has 1 atom stereocenters. The minimum absolute atomic E-state index is 0.261. The van der Waals surface area contributed by atoms with Gasteiger partial charge < -0.3 is 14.5 Å². The van der Waals surface area contributed by atoms with E-state index in [2.05, 4.69) is 18.3 Å². The first-order chi connectivity index (χ1) is 18.5. The Morgan fingerprint density at radius 1 is 1.16 bits per heavy atom. The highest BCUT2D eigenvalue weighted by Crippen LogP contribution is 2.38. The highest BCUT2D eigenvalue weighted by Gasteiger charge is 2.29. The molecule has 0 unspecified atom stereocenters. The van der Waals surface area contributed by atoms with Crippen LogP contribution >= 0.6 is 11.8 Å². The number of pyridine rings is 1. The van der Waals surface area contributed by atoms with Crippen molar-refractivity contribution in [3.8, 4) is 6.07 Å². The molecule has 0 bridgehead atoms. The number of rotatable bonds is 7. The van der Waals surface area contributed by atoms with E-state index >= 15 is 0 Å². The standard InChI is InChI=1S/C30H25N3O4S/c1-19-15-20(17-21-7-6-13-36-21)29-23(16-19)28(22-8-2-3-9-24(22)33-29)30(35)37-18-27(34)32-25-10-4-5-11-26(25)38-14-12-31/h2-11,13,17,19H,14-16,18H2,1H3,(H,32,34)/b20-17+/t19-/m1/s1. The first kappa shape index (κ1) is 25.3. The van der Waals surface area contributed by atoms with E-state index in [1.807, 2.05) is 54.6 Å². The summed E-state index contributed by atoms with van der Waals surface area (Å²) in [4.78, 5) is 31.9. The van der Waals surface area contributed by atoms with Crippen molar-refractivity contribution in [2.24, 2.45) is 5.92 Å². The predicted octanol–water partition coefficient (Wildman–Crippen LogP) is 6.36. The Bertz CT molecular complexity index is 1570. The van der Waals surface area contributed by atoms with Crippen molar-refractivity contribution in [1.82, 2.24) is 4.98 Å². The number of furan rings is 1. The minimum Gasteiger partial charge on any atom is -0.465 e. The summed E-state index contributed by atoms with van der Waals surface area (Å²) in [5, 5.41) is 12.4. The summed E-state index contributed by atoms with van der Waals surface area (Å²) < 4.78 is 11.1. The molecule has 0 saturated heterocycles. The van der Waals surface area contributed by atoms with Gasteiger partial charge in [0.15, 0.2) is 6.61 Å². The van der Waals surface area contributed by atoms with Crippen LogP contribution in [0.4, 0.5) is 5.69 Å². The van der Waals surface area contributed by atoms with Crippen LogP contribution in [0, 0.1) is 17.2 Å². The fourth-order valence-electron chi connectivity index (χ4n) is 4.71. The lowest BCUT2D eigenvalue weighted by atomic mass is 9.81. The summed E-state index contributed by atoms with van der Waals surface area (Å²) in [6.07, 6.45) is 5.07. The smallest absolute Gasteiger partial charge is 0.339 e. The summed E-state index contributed by atoms with van der Waals surface area (Å²) in [6, 6.07) is 20.5. The molecule has 0 radical (unpaired) electrons. The number of thioether (sulfide) groups is 1.